The molecule has 0 unspecified atom stereocenters. The first-order chi connectivity index (χ1) is 15.3. The Balaban J connectivity index is 1.99. The average Bonchev–Trinajstić information content (AvgIpc) is 3.09. The van der Waals surface area contributed by atoms with Crippen LogP contribution in [0, 0.1) is 5.82 Å². The summed E-state index contributed by atoms with van der Waals surface area (Å²) in [5.41, 5.74) is -1.97. The fourth-order valence-electron chi connectivity index (χ4n) is 3.07. The van der Waals surface area contributed by atoms with Gasteiger partial charge in [-0.25, -0.2) is 22.9 Å². The second-order valence-electron chi connectivity index (χ2n) is 7.20. The SMILES string of the molecule is Cn1c([C@@H]2CC(F)(F)CN2)nc(C(=O)NCc2ccc(F)cc2)c(OC(=O)C(F)(F)F)c1=O. The van der Waals surface area contributed by atoms with Crippen molar-refractivity contribution in [1.82, 2.24) is 20.2 Å². The summed E-state index contributed by atoms with van der Waals surface area (Å²) < 4.78 is 83.0. The lowest BCUT2D eigenvalue weighted by molar-refractivity contribution is -0.189. The number of carbonyl (C=O) groups excluding carboxylic acids is 2. The minimum atomic E-state index is -5.49. The molecule has 0 radical (unpaired) electrons. The van der Waals surface area contributed by atoms with Gasteiger partial charge in [-0.05, 0) is 17.7 Å². The Labute approximate surface area is 181 Å². The predicted molar refractivity (Wildman–Crippen MR) is 99.0 cm³/mol. The van der Waals surface area contributed by atoms with E-state index in [4.69, 9.17) is 0 Å². The number of halogens is 6. The van der Waals surface area contributed by atoms with Crippen molar-refractivity contribution < 1.29 is 40.7 Å². The number of alkyl halides is 5. The number of aromatic nitrogens is 2. The summed E-state index contributed by atoms with van der Waals surface area (Å²) in [7, 11) is 1.02. The molecule has 1 aromatic carbocycles. The van der Waals surface area contributed by atoms with Crippen LogP contribution >= 0.6 is 0 Å². The highest BCUT2D eigenvalue weighted by atomic mass is 19.4. The molecule has 14 heteroatoms. The number of benzene rings is 1. The first kappa shape index (κ1) is 24.2. The topological polar surface area (TPSA) is 102 Å². The summed E-state index contributed by atoms with van der Waals surface area (Å²) in [4.78, 5) is 40.4. The van der Waals surface area contributed by atoms with E-state index in [-0.39, 0.29) is 12.4 Å². The monoisotopic (exact) mass is 478 g/mol. The molecule has 3 rings (SSSR count). The van der Waals surface area contributed by atoms with E-state index in [0.29, 0.717) is 10.1 Å². The molecule has 1 saturated heterocycles. The van der Waals surface area contributed by atoms with E-state index in [9.17, 15) is 40.7 Å². The van der Waals surface area contributed by atoms with Crippen molar-refractivity contribution in [1.29, 1.82) is 0 Å². The number of hydrogen-bond acceptors (Lipinski definition) is 6. The van der Waals surface area contributed by atoms with Gasteiger partial charge in [0.15, 0.2) is 5.69 Å². The number of nitrogens with zero attached hydrogens (tertiary/aromatic N) is 2. The molecule has 0 bridgehead atoms. The van der Waals surface area contributed by atoms with Gasteiger partial charge in [-0.3, -0.25) is 14.2 Å². The maximum absolute atomic E-state index is 13.6. The zero-order valence-electron chi connectivity index (χ0n) is 16.8. The number of ether oxygens (including phenoxy) is 1. The van der Waals surface area contributed by atoms with Crippen LogP contribution in [0.25, 0.3) is 0 Å². The molecule has 2 aromatic rings. The van der Waals surface area contributed by atoms with E-state index in [1.54, 1.807) is 0 Å². The van der Waals surface area contributed by atoms with Crippen LogP contribution in [0.2, 0.25) is 0 Å². The standard InChI is InChI=1S/C19H16F6N4O4/c1-29-14(11-6-18(21,22)8-27-11)28-12(13(16(29)31)33-17(32)19(23,24)25)15(30)26-7-9-2-4-10(20)5-3-9/h2-5,11,27H,6-8H2,1H3,(H,26,30)/t11-/m0/s1. The van der Waals surface area contributed by atoms with E-state index in [0.717, 1.165) is 19.2 Å². The van der Waals surface area contributed by atoms with Crippen LogP contribution in [0.1, 0.15) is 34.3 Å². The Morgan fingerprint density at radius 1 is 1.27 bits per heavy atom. The number of carbonyl (C=O) groups is 2. The van der Waals surface area contributed by atoms with Crippen molar-refractivity contribution in [2.45, 2.75) is 31.1 Å². The average molecular weight is 478 g/mol. The molecule has 0 aliphatic carbocycles. The van der Waals surface area contributed by atoms with Gasteiger partial charge in [0.1, 0.15) is 11.6 Å². The molecule has 0 spiro atoms. The molecule has 33 heavy (non-hydrogen) atoms. The molecule has 1 atom stereocenters. The molecule has 8 nitrogen and oxygen atoms in total. The molecule has 1 aliphatic heterocycles. The first-order valence-electron chi connectivity index (χ1n) is 9.32. The minimum absolute atomic E-state index is 0.252. The molecular weight excluding hydrogens is 462 g/mol. The molecular formula is C19H16F6N4O4. The third-order valence-corrected chi connectivity index (χ3v) is 4.71. The van der Waals surface area contributed by atoms with E-state index < -0.39 is 65.8 Å². The van der Waals surface area contributed by atoms with Gasteiger partial charge in [0, 0.05) is 20.0 Å². The lowest BCUT2D eigenvalue weighted by Gasteiger charge is -2.18. The molecule has 2 heterocycles. The zero-order chi connectivity index (χ0) is 24.6. The van der Waals surface area contributed by atoms with Gasteiger partial charge in [-0.1, -0.05) is 12.1 Å². The van der Waals surface area contributed by atoms with Gasteiger partial charge in [0.05, 0.1) is 12.6 Å². The minimum Gasteiger partial charge on any atom is -0.411 e. The normalized spacial score (nSPS) is 17.6. The van der Waals surface area contributed by atoms with Crippen LogP contribution < -0.4 is 20.9 Å². The second kappa shape index (κ2) is 8.84. The van der Waals surface area contributed by atoms with Crippen molar-refractivity contribution in [3.8, 4) is 5.75 Å². The predicted octanol–water partition coefficient (Wildman–Crippen LogP) is 1.99. The van der Waals surface area contributed by atoms with Crippen molar-refractivity contribution >= 4 is 11.9 Å². The van der Waals surface area contributed by atoms with Crippen LogP contribution in [-0.4, -0.2) is 40.1 Å². The number of esters is 1. The third-order valence-electron chi connectivity index (χ3n) is 4.71. The van der Waals surface area contributed by atoms with Crippen LogP contribution in [0.15, 0.2) is 29.1 Å². The number of nitrogens with one attached hydrogen (secondary N) is 2. The lowest BCUT2D eigenvalue weighted by Crippen LogP contribution is -2.37. The van der Waals surface area contributed by atoms with Gasteiger partial charge in [-0.15, -0.1) is 0 Å². The lowest BCUT2D eigenvalue weighted by atomic mass is 10.1. The maximum atomic E-state index is 13.6. The molecule has 1 fully saturated rings. The highest BCUT2D eigenvalue weighted by molar-refractivity contribution is 5.95. The third kappa shape index (κ3) is 5.50. The van der Waals surface area contributed by atoms with Gasteiger partial charge >= 0.3 is 12.1 Å². The molecule has 2 N–H and O–H groups in total. The molecule has 178 valence electrons. The molecule has 1 amide bonds. The Hall–Kier alpha value is -3.42. The number of hydrogen-bond donors (Lipinski definition) is 2. The highest BCUT2D eigenvalue weighted by Gasteiger charge is 2.44. The van der Waals surface area contributed by atoms with Crippen LogP contribution in [-0.2, 0) is 18.4 Å². The zero-order valence-corrected chi connectivity index (χ0v) is 16.8. The summed E-state index contributed by atoms with van der Waals surface area (Å²) >= 11 is 0. The van der Waals surface area contributed by atoms with E-state index in [2.05, 4.69) is 20.4 Å². The number of rotatable bonds is 5. The summed E-state index contributed by atoms with van der Waals surface area (Å²) in [5.74, 6) is -9.36. The van der Waals surface area contributed by atoms with Gasteiger partial charge < -0.3 is 15.4 Å². The summed E-state index contributed by atoms with van der Waals surface area (Å²) in [6, 6.07) is 3.62. The fourth-order valence-corrected chi connectivity index (χ4v) is 3.07. The Morgan fingerprint density at radius 2 is 1.91 bits per heavy atom. The van der Waals surface area contributed by atoms with Crippen LogP contribution in [0.5, 0.6) is 5.75 Å². The maximum Gasteiger partial charge on any atom is 0.491 e. The molecule has 1 aromatic heterocycles. The van der Waals surface area contributed by atoms with Crippen molar-refractivity contribution in [2.24, 2.45) is 7.05 Å². The summed E-state index contributed by atoms with van der Waals surface area (Å²) in [5, 5.41) is 4.67. The fraction of sp³-hybridized carbons (Fsp3) is 0.368. The number of amides is 1. The highest BCUT2D eigenvalue weighted by Crippen LogP contribution is 2.33. The van der Waals surface area contributed by atoms with Crippen LogP contribution in [0.3, 0.4) is 0 Å². The summed E-state index contributed by atoms with van der Waals surface area (Å²) in [6.07, 6.45) is -6.27. The first-order valence-corrected chi connectivity index (χ1v) is 9.32. The van der Waals surface area contributed by atoms with Gasteiger partial charge in [0.2, 0.25) is 5.75 Å². The van der Waals surface area contributed by atoms with E-state index in [1.807, 2.05) is 0 Å². The van der Waals surface area contributed by atoms with Crippen molar-refractivity contribution in [3.63, 3.8) is 0 Å². The second-order valence-corrected chi connectivity index (χ2v) is 7.20. The Bertz CT molecular complexity index is 1130. The van der Waals surface area contributed by atoms with Crippen molar-refractivity contribution in [3.05, 3.63) is 57.5 Å². The summed E-state index contributed by atoms with van der Waals surface area (Å²) in [6.45, 7) is -0.998. The van der Waals surface area contributed by atoms with E-state index >= 15 is 0 Å². The van der Waals surface area contributed by atoms with Gasteiger partial charge in [-0.2, -0.15) is 13.2 Å². The molecule has 0 saturated carbocycles. The largest absolute Gasteiger partial charge is 0.491 e. The van der Waals surface area contributed by atoms with Crippen LogP contribution in [0.4, 0.5) is 26.3 Å². The Morgan fingerprint density at radius 3 is 2.45 bits per heavy atom. The smallest absolute Gasteiger partial charge is 0.411 e. The molecule has 1 aliphatic rings. The van der Waals surface area contributed by atoms with Crippen molar-refractivity contribution in [2.75, 3.05) is 6.54 Å². The Kier molecular flexibility index (Phi) is 6.49. The van der Waals surface area contributed by atoms with Gasteiger partial charge in [0.25, 0.3) is 17.4 Å². The quantitative estimate of drug-likeness (QED) is 0.504. The van der Waals surface area contributed by atoms with E-state index in [1.165, 1.54) is 12.1 Å².